The van der Waals surface area contributed by atoms with Gasteiger partial charge in [-0.25, -0.2) is 4.98 Å². The summed E-state index contributed by atoms with van der Waals surface area (Å²) in [6.07, 6.45) is 1.74. The summed E-state index contributed by atoms with van der Waals surface area (Å²) >= 11 is 4.77. The van der Waals surface area contributed by atoms with Gasteiger partial charge in [-0.2, -0.15) is 0 Å². The average molecular weight is 263 g/mol. The van der Waals surface area contributed by atoms with E-state index in [1.54, 1.807) is 0 Å². The van der Waals surface area contributed by atoms with E-state index in [0.717, 1.165) is 29.0 Å². The first-order valence-electron chi connectivity index (χ1n) is 4.30. The van der Waals surface area contributed by atoms with E-state index in [2.05, 4.69) is 26.2 Å². The average Bonchev–Trinajstić information content (AvgIpc) is 2.72. The monoisotopic (exact) mass is 262 g/mol. The lowest BCUT2D eigenvalue weighted by Gasteiger charge is -2.15. The normalized spacial score (nSPS) is 24.9. The highest BCUT2D eigenvalue weighted by atomic mass is 79.9. The van der Waals surface area contributed by atoms with Gasteiger partial charge in [-0.3, -0.25) is 0 Å². The molecule has 1 aliphatic heterocycles. The highest BCUT2D eigenvalue weighted by Gasteiger charge is 2.25. The molecule has 0 radical (unpaired) electrons. The van der Waals surface area contributed by atoms with Gasteiger partial charge in [0.2, 0.25) is 0 Å². The Bertz CT molecular complexity index is 285. The number of nitrogens with one attached hydrogen (secondary N) is 1. The molecular weight excluding hydrogens is 252 g/mol. The van der Waals surface area contributed by atoms with Crippen LogP contribution in [0.4, 0.5) is 0 Å². The summed E-state index contributed by atoms with van der Waals surface area (Å²) in [5.41, 5.74) is 0. The summed E-state index contributed by atoms with van der Waals surface area (Å²) in [6.45, 7) is 1.01. The van der Waals surface area contributed by atoms with Crippen molar-refractivity contribution in [2.75, 3.05) is 6.54 Å². The maximum absolute atomic E-state index is 9.90. The lowest BCUT2D eigenvalue weighted by Crippen LogP contribution is -2.28. The van der Waals surface area contributed by atoms with E-state index in [9.17, 15) is 5.11 Å². The number of thiazole rings is 1. The van der Waals surface area contributed by atoms with Crippen LogP contribution < -0.4 is 5.32 Å². The Morgan fingerprint density at radius 3 is 3.15 bits per heavy atom. The molecule has 2 rings (SSSR count). The molecule has 2 unspecified atom stereocenters. The molecule has 1 saturated heterocycles. The Kier molecular flexibility index (Phi) is 2.98. The second-order valence-corrected chi connectivity index (χ2v) is 4.86. The standard InChI is InChI=1S/C8H11BrN2OS/c9-6-4-13-8(11-6)7(12)5-2-1-3-10-5/h4-5,7,10,12H,1-3H2. The van der Waals surface area contributed by atoms with E-state index in [1.165, 1.54) is 11.3 Å². The zero-order valence-corrected chi connectivity index (χ0v) is 9.44. The van der Waals surface area contributed by atoms with Gasteiger partial charge in [-0.05, 0) is 35.3 Å². The predicted octanol–water partition coefficient (Wildman–Crippen LogP) is 1.69. The molecule has 2 atom stereocenters. The van der Waals surface area contributed by atoms with Crippen molar-refractivity contribution in [3.8, 4) is 0 Å². The molecule has 2 N–H and O–H groups in total. The first-order chi connectivity index (χ1) is 6.27. The summed E-state index contributed by atoms with van der Waals surface area (Å²) < 4.78 is 0.810. The molecule has 13 heavy (non-hydrogen) atoms. The van der Waals surface area contributed by atoms with Crippen molar-refractivity contribution in [3.05, 3.63) is 15.0 Å². The van der Waals surface area contributed by atoms with Gasteiger partial charge >= 0.3 is 0 Å². The fourth-order valence-corrected chi connectivity index (χ4v) is 2.87. The van der Waals surface area contributed by atoms with E-state index in [1.807, 2.05) is 5.38 Å². The van der Waals surface area contributed by atoms with Crippen LogP contribution in [0.15, 0.2) is 9.98 Å². The Labute approximate surface area is 89.3 Å². The molecule has 1 aliphatic rings. The lowest BCUT2D eigenvalue weighted by molar-refractivity contribution is 0.137. The molecule has 1 fully saturated rings. The predicted molar refractivity (Wildman–Crippen MR) is 55.8 cm³/mol. The molecule has 1 aromatic rings. The number of aromatic nitrogens is 1. The maximum atomic E-state index is 9.90. The number of nitrogens with zero attached hydrogens (tertiary/aromatic N) is 1. The minimum atomic E-state index is -0.446. The number of aliphatic hydroxyl groups excluding tert-OH is 1. The molecular formula is C8H11BrN2OS. The van der Waals surface area contributed by atoms with Crippen molar-refractivity contribution >= 4 is 27.3 Å². The fraction of sp³-hybridized carbons (Fsp3) is 0.625. The summed E-state index contributed by atoms with van der Waals surface area (Å²) in [6, 6.07) is 0.193. The molecule has 0 saturated carbocycles. The van der Waals surface area contributed by atoms with Gasteiger partial charge in [0.15, 0.2) is 0 Å². The SMILES string of the molecule is OC(c1nc(Br)cs1)C1CCCN1. The number of hydrogen-bond donors (Lipinski definition) is 2. The largest absolute Gasteiger partial charge is 0.384 e. The molecule has 0 amide bonds. The van der Waals surface area contributed by atoms with Crippen LogP contribution in [0.5, 0.6) is 0 Å². The van der Waals surface area contributed by atoms with Crippen molar-refractivity contribution in [1.29, 1.82) is 0 Å². The Hall–Kier alpha value is 0.0300. The number of aliphatic hydroxyl groups is 1. The van der Waals surface area contributed by atoms with Crippen LogP contribution in [-0.2, 0) is 0 Å². The zero-order valence-electron chi connectivity index (χ0n) is 7.03. The molecule has 3 nitrogen and oxygen atoms in total. The van der Waals surface area contributed by atoms with E-state index in [4.69, 9.17) is 0 Å². The third-order valence-electron chi connectivity index (χ3n) is 2.23. The molecule has 0 aliphatic carbocycles. The summed E-state index contributed by atoms with van der Waals surface area (Å²) in [5, 5.41) is 15.9. The van der Waals surface area contributed by atoms with Gasteiger partial charge in [0.05, 0.1) is 0 Å². The molecule has 72 valence electrons. The van der Waals surface area contributed by atoms with Crippen molar-refractivity contribution in [3.63, 3.8) is 0 Å². The molecule has 1 aromatic heterocycles. The van der Waals surface area contributed by atoms with Gasteiger partial charge in [0.25, 0.3) is 0 Å². The maximum Gasteiger partial charge on any atom is 0.124 e. The smallest absolute Gasteiger partial charge is 0.124 e. The van der Waals surface area contributed by atoms with E-state index >= 15 is 0 Å². The van der Waals surface area contributed by atoms with Gasteiger partial charge in [0.1, 0.15) is 15.7 Å². The topological polar surface area (TPSA) is 45.2 Å². The minimum Gasteiger partial charge on any atom is -0.384 e. The van der Waals surface area contributed by atoms with E-state index in [0.29, 0.717) is 0 Å². The molecule has 5 heteroatoms. The fourth-order valence-electron chi connectivity index (χ4n) is 1.56. The van der Waals surface area contributed by atoms with Crippen LogP contribution in [-0.4, -0.2) is 22.7 Å². The van der Waals surface area contributed by atoms with Crippen LogP contribution in [0, 0.1) is 0 Å². The Morgan fingerprint density at radius 2 is 2.62 bits per heavy atom. The van der Waals surface area contributed by atoms with Crippen molar-refractivity contribution in [2.24, 2.45) is 0 Å². The molecule has 0 spiro atoms. The summed E-state index contributed by atoms with van der Waals surface area (Å²) in [4.78, 5) is 4.20. The minimum absolute atomic E-state index is 0.193. The van der Waals surface area contributed by atoms with Crippen LogP contribution in [0.3, 0.4) is 0 Å². The Balaban J connectivity index is 2.07. The first-order valence-corrected chi connectivity index (χ1v) is 5.97. The van der Waals surface area contributed by atoms with Gasteiger partial charge < -0.3 is 10.4 Å². The molecule has 2 heterocycles. The van der Waals surface area contributed by atoms with Crippen LogP contribution >= 0.6 is 27.3 Å². The van der Waals surface area contributed by atoms with Crippen molar-refractivity contribution < 1.29 is 5.11 Å². The van der Waals surface area contributed by atoms with Crippen molar-refractivity contribution in [1.82, 2.24) is 10.3 Å². The Morgan fingerprint density at radius 1 is 1.77 bits per heavy atom. The van der Waals surface area contributed by atoms with Crippen molar-refractivity contribution in [2.45, 2.75) is 25.0 Å². The number of rotatable bonds is 2. The van der Waals surface area contributed by atoms with E-state index < -0.39 is 6.10 Å². The molecule has 0 aromatic carbocycles. The number of hydrogen-bond acceptors (Lipinski definition) is 4. The second-order valence-electron chi connectivity index (χ2n) is 3.16. The van der Waals surface area contributed by atoms with Gasteiger partial charge in [0, 0.05) is 11.4 Å². The highest BCUT2D eigenvalue weighted by molar-refractivity contribution is 9.10. The molecule has 0 bridgehead atoms. The summed E-state index contributed by atoms with van der Waals surface area (Å²) in [5.74, 6) is 0. The van der Waals surface area contributed by atoms with Gasteiger partial charge in [-0.1, -0.05) is 0 Å². The third-order valence-corrected chi connectivity index (χ3v) is 3.85. The number of halogens is 1. The van der Waals surface area contributed by atoms with Gasteiger partial charge in [-0.15, -0.1) is 11.3 Å². The van der Waals surface area contributed by atoms with Crippen LogP contribution in [0.1, 0.15) is 24.0 Å². The highest BCUT2D eigenvalue weighted by Crippen LogP contribution is 2.26. The second kappa shape index (κ2) is 4.04. The zero-order chi connectivity index (χ0) is 9.26. The third kappa shape index (κ3) is 2.10. The van der Waals surface area contributed by atoms with Crippen LogP contribution in [0.25, 0.3) is 0 Å². The quantitative estimate of drug-likeness (QED) is 0.853. The van der Waals surface area contributed by atoms with E-state index in [-0.39, 0.29) is 6.04 Å². The first kappa shape index (κ1) is 9.58. The summed E-state index contributed by atoms with van der Waals surface area (Å²) in [7, 11) is 0. The lowest BCUT2D eigenvalue weighted by atomic mass is 10.1. The van der Waals surface area contributed by atoms with Crippen LogP contribution in [0.2, 0.25) is 0 Å².